The van der Waals surface area contributed by atoms with E-state index in [0.29, 0.717) is 6.42 Å². The van der Waals surface area contributed by atoms with Crippen molar-refractivity contribution in [1.82, 2.24) is 10.2 Å². The average Bonchev–Trinajstić information content (AvgIpc) is 2.95. The van der Waals surface area contributed by atoms with Gasteiger partial charge in [0.2, 0.25) is 0 Å². The molecule has 20 heavy (non-hydrogen) atoms. The first-order valence-electron chi connectivity index (χ1n) is 8.13. The molecule has 0 aromatic heterocycles. The van der Waals surface area contributed by atoms with Gasteiger partial charge in [0.25, 0.3) is 0 Å². The Labute approximate surface area is 122 Å². The molecule has 0 heterocycles. The summed E-state index contributed by atoms with van der Waals surface area (Å²) in [6.07, 6.45) is 6.41. The first kappa shape index (κ1) is 15.8. The van der Waals surface area contributed by atoms with Crippen LogP contribution in [0.5, 0.6) is 0 Å². The van der Waals surface area contributed by atoms with Crippen molar-refractivity contribution in [2.24, 2.45) is 17.8 Å². The minimum atomic E-state index is -0.730. The molecule has 0 aliphatic heterocycles. The summed E-state index contributed by atoms with van der Waals surface area (Å²) < 4.78 is 0. The second-order valence-electron chi connectivity index (χ2n) is 7.20. The Morgan fingerprint density at radius 1 is 1.35 bits per heavy atom. The molecule has 2 fully saturated rings. The van der Waals surface area contributed by atoms with Crippen LogP contribution in [-0.4, -0.2) is 48.2 Å². The lowest BCUT2D eigenvalue weighted by Gasteiger charge is -2.28. The van der Waals surface area contributed by atoms with Crippen LogP contribution in [0.4, 0.5) is 0 Å². The molecule has 0 saturated heterocycles. The summed E-state index contributed by atoms with van der Waals surface area (Å²) in [5.41, 5.74) is 0. The van der Waals surface area contributed by atoms with Crippen LogP contribution in [0.1, 0.15) is 46.0 Å². The number of hydrogen-bond acceptors (Lipinski definition) is 3. The normalized spacial score (nSPS) is 30.4. The molecule has 2 rings (SSSR count). The molecule has 116 valence electrons. The van der Waals surface area contributed by atoms with Crippen LogP contribution in [-0.2, 0) is 4.79 Å². The van der Waals surface area contributed by atoms with Crippen LogP contribution >= 0.6 is 0 Å². The maximum Gasteiger partial charge on any atom is 0.320 e. The van der Waals surface area contributed by atoms with Gasteiger partial charge in [0.05, 0.1) is 0 Å². The number of carboxylic acid groups (broad SMARTS) is 1. The van der Waals surface area contributed by atoms with Crippen LogP contribution in [0, 0.1) is 17.8 Å². The summed E-state index contributed by atoms with van der Waals surface area (Å²) in [6, 6.07) is -0.204. The number of carbonyl (C=O) groups is 1. The molecule has 2 saturated carbocycles. The van der Waals surface area contributed by atoms with E-state index in [4.69, 9.17) is 0 Å². The summed E-state index contributed by atoms with van der Waals surface area (Å²) in [7, 11) is 2.14. The summed E-state index contributed by atoms with van der Waals surface area (Å²) >= 11 is 0. The van der Waals surface area contributed by atoms with Gasteiger partial charge in [0.15, 0.2) is 0 Å². The Hall–Kier alpha value is -0.610. The second kappa shape index (κ2) is 6.90. The first-order chi connectivity index (χ1) is 9.45. The topological polar surface area (TPSA) is 52.6 Å². The Kier molecular flexibility index (Phi) is 5.44. The lowest BCUT2D eigenvalue weighted by Crippen LogP contribution is -2.43. The van der Waals surface area contributed by atoms with E-state index in [2.05, 4.69) is 17.3 Å². The maximum atomic E-state index is 11.2. The highest BCUT2D eigenvalue weighted by molar-refractivity contribution is 5.73. The predicted molar refractivity (Wildman–Crippen MR) is 80.7 cm³/mol. The smallest absolute Gasteiger partial charge is 0.320 e. The fourth-order valence-corrected chi connectivity index (χ4v) is 4.12. The molecule has 2 aliphatic rings. The van der Waals surface area contributed by atoms with Gasteiger partial charge in [-0.1, -0.05) is 20.3 Å². The number of nitrogens with one attached hydrogen (secondary N) is 1. The van der Waals surface area contributed by atoms with E-state index >= 15 is 0 Å². The molecule has 4 unspecified atom stereocenters. The third-order valence-corrected chi connectivity index (χ3v) is 5.06. The maximum absolute atomic E-state index is 11.2. The molecule has 4 nitrogen and oxygen atoms in total. The van der Waals surface area contributed by atoms with Crippen molar-refractivity contribution < 1.29 is 9.90 Å². The van der Waals surface area contributed by atoms with Gasteiger partial charge in [-0.2, -0.15) is 0 Å². The molecule has 2 aliphatic carbocycles. The van der Waals surface area contributed by atoms with Gasteiger partial charge in [0.1, 0.15) is 6.04 Å². The van der Waals surface area contributed by atoms with E-state index in [0.717, 1.165) is 30.8 Å². The number of rotatable bonds is 8. The SMILES string of the molecule is CC(C)NC(CCN(C)CC1CC2CCC1C2)C(=O)O. The van der Waals surface area contributed by atoms with Gasteiger partial charge in [-0.25, -0.2) is 0 Å². The van der Waals surface area contributed by atoms with Gasteiger partial charge in [-0.3, -0.25) is 4.79 Å². The van der Waals surface area contributed by atoms with Crippen LogP contribution < -0.4 is 5.32 Å². The number of aliphatic carboxylic acids is 1. The molecule has 4 atom stereocenters. The zero-order valence-electron chi connectivity index (χ0n) is 13.1. The highest BCUT2D eigenvalue weighted by atomic mass is 16.4. The molecule has 0 aromatic rings. The standard InChI is InChI=1S/C16H30N2O2/c1-11(2)17-15(16(19)20)6-7-18(3)10-14-9-12-4-5-13(14)8-12/h11-15,17H,4-10H2,1-3H3,(H,19,20). The molecule has 0 spiro atoms. The molecule has 4 heteroatoms. The quantitative estimate of drug-likeness (QED) is 0.716. The van der Waals surface area contributed by atoms with E-state index in [1.807, 2.05) is 13.8 Å². The molecule has 2 bridgehead atoms. The highest BCUT2D eigenvalue weighted by Crippen LogP contribution is 2.48. The van der Waals surface area contributed by atoms with Crippen molar-refractivity contribution in [3.05, 3.63) is 0 Å². The van der Waals surface area contributed by atoms with Crippen LogP contribution in [0.2, 0.25) is 0 Å². The molecular formula is C16H30N2O2. The van der Waals surface area contributed by atoms with Crippen molar-refractivity contribution in [1.29, 1.82) is 0 Å². The molecular weight excluding hydrogens is 252 g/mol. The van der Waals surface area contributed by atoms with Crippen molar-refractivity contribution in [3.63, 3.8) is 0 Å². The minimum Gasteiger partial charge on any atom is -0.480 e. The highest BCUT2D eigenvalue weighted by Gasteiger charge is 2.39. The predicted octanol–water partition coefficient (Wildman–Crippen LogP) is 2.20. The fourth-order valence-electron chi connectivity index (χ4n) is 4.12. The van der Waals surface area contributed by atoms with E-state index < -0.39 is 12.0 Å². The van der Waals surface area contributed by atoms with Crippen LogP contribution in [0.15, 0.2) is 0 Å². The van der Waals surface area contributed by atoms with E-state index in [1.165, 1.54) is 25.7 Å². The van der Waals surface area contributed by atoms with E-state index in [-0.39, 0.29) is 6.04 Å². The van der Waals surface area contributed by atoms with Gasteiger partial charge >= 0.3 is 5.97 Å². The first-order valence-corrected chi connectivity index (χ1v) is 8.13. The molecule has 0 radical (unpaired) electrons. The summed E-state index contributed by atoms with van der Waals surface area (Å²) in [5, 5.41) is 12.4. The fraction of sp³-hybridized carbons (Fsp3) is 0.938. The molecule has 2 N–H and O–H groups in total. The van der Waals surface area contributed by atoms with Gasteiger partial charge in [-0.05, 0) is 57.0 Å². The monoisotopic (exact) mass is 282 g/mol. The number of hydrogen-bond donors (Lipinski definition) is 2. The second-order valence-corrected chi connectivity index (χ2v) is 7.20. The van der Waals surface area contributed by atoms with Crippen molar-refractivity contribution in [2.45, 2.75) is 58.0 Å². The zero-order valence-corrected chi connectivity index (χ0v) is 13.1. The van der Waals surface area contributed by atoms with Crippen molar-refractivity contribution >= 4 is 5.97 Å². The lowest BCUT2D eigenvalue weighted by atomic mass is 9.88. The summed E-state index contributed by atoms with van der Waals surface area (Å²) in [6.45, 7) is 6.00. The number of nitrogens with zero attached hydrogens (tertiary/aromatic N) is 1. The lowest BCUT2D eigenvalue weighted by molar-refractivity contribution is -0.139. The van der Waals surface area contributed by atoms with E-state index in [9.17, 15) is 9.90 Å². The largest absolute Gasteiger partial charge is 0.480 e. The Balaban J connectivity index is 1.71. The molecule has 0 amide bonds. The Morgan fingerprint density at radius 2 is 2.10 bits per heavy atom. The van der Waals surface area contributed by atoms with Crippen molar-refractivity contribution in [3.8, 4) is 0 Å². The van der Waals surface area contributed by atoms with Gasteiger partial charge in [0, 0.05) is 12.6 Å². The van der Waals surface area contributed by atoms with Gasteiger partial charge in [-0.15, -0.1) is 0 Å². The minimum absolute atomic E-state index is 0.215. The number of fused-ring (bicyclic) bond motifs is 2. The molecule has 0 aromatic carbocycles. The van der Waals surface area contributed by atoms with Crippen LogP contribution in [0.3, 0.4) is 0 Å². The Bertz CT molecular complexity index is 332. The Morgan fingerprint density at radius 3 is 2.60 bits per heavy atom. The van der Waals surface area contributed by atoms with Crippen molar-refractivity contribution in [2.75, 3.05) is 20.1 Å². The summed E-state index contributed by atoms with van der Waals surface area (Å²) in [5.74, 6) is 2.08. The average molecular weight is 282 g/mol. The number of carboxylic acids is 1. The van der Waals surface area contributed by atoms with Gasteiger partial charge < -0.3 is 15.3 Å². The van der Waals surface area contributed by atoms with E-state index in [1.54, 1.807) is 0 Å². The third kappa shape index (κ3) is 4.19. The van der Waals surface area contributed by atoms with Crippen LogP contribution in [0.25, 0.3) is 0 Å². The third-order valence-electron chi connectivity index (χ3n) is 5.06. The summed E-state index contributed by atoms with van der Waals surface area (Å²) in [4.78, 5) is 13.6. The zero-order chi connectivity index (χ0) is 14.7.